The van der Waals surface area contributed by atoms with Crippen LogP contribution in [0.4, 0.5) is 5.69 Å². The second-order valence-corrected chi connectivity index (χ2v) is 7.88. The highest BCUT2D eigenvalue weighted by atomic mass is 32.2. The van der Waals surface area contributed by atoms with Crippen molar-refractivity contribution in [3.8, 4) is 0 Å². The van der Waals surface area contributed by atoms with Gasteiger partial charge < -0.3 is 15.2 Å². The zero-order valence-corrected chi connectivity index (χ0v) is 18.4. The number of para-hydroxylation sites is 1. The summed E-state index contributed by atoms with van der Waals surface area (Å²) in [5.74, 6) is -0.696. The molecule has 1 unspecified atom stereocenters. The topological polar surface area (TPSA) is 111 Å². The Balaban J connectivity index is 2.23. The molecule has 0 radical (unpaired) electrons. The number of rotatable bonds is 11. The smallest absolute Gasteiger partial charge is 0.326 e. The van der Waals surface area contributed by atoms with Crippen molar-refractivity contribution in [1.29, 1.82) is 0 Å². The van der Waals surface area contributed by atoms with Crippen LogP contribution in [0.1, 0.15) is 33.1 Å². The summed E-state index contributed by atoms with van der Waals surface area (Å²) >= 11 is 1.51. The predicted octanol–water partition coefficient (Wildman–Crippen LogP) is 1.71. The Bertz CT molecular complexity index is 730. The number of amides is 1. The monoisotopic (exact) mass is 437 g/mol. The van der Waals surface area contributed by atoms with E-state index in [0.717, 1.165) is 17.7 Å². The number of benzene rings is 1. The van der Waals surface area contributed by atoms with Gasteiger partial charge in [0.15, 0.2) is 0 Å². The number of esters is 2. The average Bonchev–Trinajstić information content (AvgIpc) is 2.85. The largest absolute Gasteiger partial charge is 0.465 e. The second kappa shape index (κ2) is 12.6. The van der Waals surface area contributed by atoms with E-state index in [1.807, 2.05) is 24.3 Å². The minimum absolute atomic E-state index is 0.181. The fraction of sp³-hybridized carbons (Fsp3) is 0.571. The zero-order chi connectivity index (χ0) is 21.9. The molecule has 0 spiro atoms. The first-order chi connectivity index (χ1) is 14.5. The number of thioether (sulfide) groups is 1. The third-order valence-electron chi connectivity index (χ3n) is 4.64. The summed E-state index contributed by atoms with van der Waals surface area (Å²) in [7, 11) is 0. The first-order valence-corrected chi connectivity index (χ1v) is 11.3. The molecule has 1 heterocycles. The van der Waals surface area contributed by atoms with Crippen molar-refractivity contribution in [1.82, 2.24) is 5.32 Å². The van der Waals surface area contributed by atoms with Crippen molar-refractivity contribution in [2.24, 2.45) is 5.73 Å². The molecule has 0 aromatic heterocycles. The molecular formula is C21H31N3O5S. The number of nitrogens with one attached hydrogen (secondary N) is 1. The van der Waals surface area contributed by atoms with Gasteiger partial charge in [-0.15, -0.1) is 11.8 Å². The lowest BCUT2D eigenvalue weighted by Crippen LogP contribution is -2.54. The molecular weight excluding hydrogens is 406 g/mol. The quantitative estimate of drug-likeness (QED) is 0.398. The lowest BCUT2D eigenvalue weighted by molar-refractivity contribution is -0.146. The van der Waals surface area contributed by atoms with Crippen molar-refractivity contribution in [3.63, 3.8) is 0 Å². The molecule has 2 atom stereocenters. The van der Waals surface area contributed by atoms with Gasteiger partial charge in [-0.1, -0.05) is 18.6 Å². The first-order valence-electron chi connectivity index (χ1n) is 10.3. The van der Waals surface area contributed by atoms with Crippen LogP contribution in [0, 0.1) is 0 Å². The van der Waals surface area contributed by atoms with Crippen LogP contribution in [-0.4, -0.2) is 62.0 Å². The normalized spacial score (nSPS) is 17.1. The van der Waals surface area contributed by atoms with Gasteiger partial charge in [-0.05, 0) is 45.4 Å². The molecule has 0 fully saturated rings. The van der Waals surface area contributed by atoms with E-state index in [0.29, 0.717) is 24.4 Å². The molecule has 3 N–H and O–H groups in total. The molecule has 30 heavy (non-hydrogen) atoms. The van der Waals surface area contributed by atoms with E-state index in [2.05, 4.69) is 5.32 Å². The number of carbonyl (C=O) groups excluding carboxylic acids is 3. The molecule has 1 aliphatic rings. The maximum Gasteiger partial charge on any atom is 0.326 e. The first kappa shape index (κ1) is 24.2. The van der Waals surface area contributed by atoms with Crippen molar-refractivity contribution in [2.45, 2.75) is 50.1 Å². The molecule has 1 aromatic rings. The van der Waals surface area contributed by atoms with Gasteiger partial charge in [0.2, 0.25) is 5.91 Å². The van der Waals surface area contributed by atoms with E-state index in [-0.39, 0.29) is 31.6 Å². The van der Waals surface area contributed by atoms with Crippen molar-refractivity contribution in [2.75, 3.05) is 37.0 Å². The standard InChI is InChI=1S/C21H31N3O5S/c1-3-28-19(25)13-24-17-10-5-6-11-18(17)30-14-16(20(24)26)23-15(9-7-8-12-22)21(27)29-4-2/h5-6,10-11,15-16,23H,3-4,7-9,12-14,22H2,1-2H3/t15?,16-/m0/s1. The van der Waals surface area contributed by atoms with Crippen LogP contribution < -0.4 is 16.0 Å². The molecule has 9 heteroatoms. The second-order valence-electron chi connectivity index (χ2n) is 6.82. The third-order valence-corrected chi connectivity index (χ3v) is 5.79. The highest BCUT2D eigenvalue weighted by Crippen LogP contribution is 2.34. The van der Waals surface area contributed by atoms with Crippen LogP contribution >= 0.6 is 11.8 Å². The third kappa shape index (κ3) is 6.72. The fourth-order valence-electron chi connectivity index (χ4n) is 3.22. The molecule has 0 saturated heterocycles. The Morgan fingerprint density at radius 1 is 1.23 bits per heavy atom. The van der Waals surface area contributed by atoms with Crippen molar-refractivity contribution >= 4 is 35.3 Å². The summed E-state index contributed by atoms with van der Waals surface area (Å²) in [5, 5.41) is 3.18. The number of nitrogens with zero attached hydrogens (tertiary/aromatic N) is 1. The zero-order valence-electron chi connectivity index (χ0n) is 17.6. The summed E-state index contributed by atoms with van der Waals surface area (Å²) in [6.45, 7) is 4.34. The maximum absolute atomic E-state index is 13.4. The Morgan fingerprint density at radius 2 is 1.97 bits per heavy atom. The van der Waals surface area contributed by atoms with Crippen molar-refractivity contribution in [3.05, 3.63) is 24.3 Å². The maximum atomic E-state index is 13.4. The number of ether oxygens (including phenoxy) is 2. The number of fused-ring (bicyclic) bond motifs is 1. The molecule has 8 nitrogen and oxygen atoms in total. The van der Waals surface area contributed by atoms with Crippen LogP contribution in [0.3, 0.4) is 0 Å². The Labute approximate surface area is 181 Å². The van der Waals surface area contributed by atoms with Gasteiger partial charge in [-0.25, -0.2) is 0 Å². The average molecular weight is 438 g/mol. The molecule has 166 valence electrons. The number of hydrogen-bond acceptors (Lipinski definition) is 8. The number of hydrogen-bond donors (Lipinski definition) is 2. The molecule has 1 aromatic carbocycles. The minimum Gasteiger partial charge on any atom is -0.465 e. The van der Waals surface area contributed by atoms with E-state index < -0.39 is 18.1 Å². The van der Waals surface area contributed by atoms with E-state index in [1.54, 1.807) is 13.8 Å². The van der Waals surface area contributed by atoms with E-state index >= 15 is 0 Å². The molecule has 2 rings (SSSR count). The summed E-state index contributed by atoms with van der Waals surface area (Å²) in [6, 6.07) is 6.18. The van der Waals surface area contributed by atoms with E-state index in [1.165, 1.54) is 16.7 Å². The molecule has 1 amide bonds. The number of carbonyl (C=O) groups is 3. The lowest BCUT2D eigenvalue weighted by atomic mass is 10.1. The summed E-state index contributed by atoms with van der Waals surface area (Å²) in [5.41, 5.74) is 6.24. The van der Waals surface area contributed by atoms with Gasteiger partial charge in [-0.2, -0.15) is 0 Å². The molecule has 1 aliphatic heterocycles. The highest BCUT2D eigenvalue weighted by Gasteiger charge is 2.35. The molecule has 0 saturated carbocycles. The van der Waals surface area contributed by atoms with Gasteiger partial charge in [0.25, 0.3) is 0 Å². The Morgan fingerprint density at radius 3 is 2.67 bits per heavy atom. The van der Waals surface area contributed by atoms with Crippen LogP contribution in [0.15, 0.2) is 29.2 Å². The number of anilines is 1. The van der Waals surface area contributed by atoms with Gasteiger partial charge >= 0.3 is 11.9 Å². The van der Waals surface area contributed by atoms with Crippen molar-refractivity contribution < 1.29 is 23.9 Å². The molecule has 0 bridgehead atoms. The van der Waals surface area contributed by atoms with Crippen LogP contribution in [-0.2, 0) is 23.9 Å². The Hall–Kier alpha value is -2.10. The van der Waals surface area contributed by atoms with Crippen LogP contribution in [0.2, 0.25) is 0 Å². The van der Waals surface area contributed by atoms with Crippen LogP contribution in [0.5, 0.6) is 0 Å². The van der Waals surface area contributed by atoms with Gasteiger partial charge in [0.05, 0.1) is 24.9 Å². The molecule has 0 aliphatic carbocycles. The summed E-state index contributed by atoms with van der Waals surface area (Å²) in [6.07, 6.45) is 2.05. The van der Waals surface area contributed by atoms with E-state index in [4.69, 9.17) is 15.2 Å². The van der Waals surface area contributed by atoms with Gasteiger partial charge in [0, 0.05) is 10.6 Å². The SMILES string of the molecule is CCOC(=O)CN1C(=O)[C@@H](NC(CCCCN)C(=O)OCC)CSc2ccccc21. The number of unbranched alkanes of at least 4 members (excludes halogenated alkanes) is 1. The highest BCUT2D eigenvalue weighted by molar-refractivity contribution is 7.99. The van der Waals surface area contributed by atoms with Gasteiger partial charge in [-0.3, -0.25) is 24.6 Å². The number of nitrogens with two attached hydrogens (primary N) is 1. The summed E-state index contributed by atoms with van der Waals surface area (Å²) in [4.78, 5) is 40.3. The van der Waals surface area contributed by atoms with E-state index in [9.17, 15) is 14.4 Å². The minimum atomic E-state index is -0.649. The predicted molar refractivity (Wildman–Crippen MR) is 116 cm³/mol. The fourth-order valence-corrected chi connectivity index (χ4v) is 4.31. The Kier molecular flexibility index (Phi) is 10.1. The van der Waals surface area contributed by atoms with Crippen LogP contribution in [0.25, 0.3) is 0 Å². The van der Waals surface area contributed by atoms with Gasteiger partial charge in [0.1, 0.15) is 12.6 Å². The summed E-state index contributed by atoms with van der Waals surface area (Å²) < 4.78 is 10.2. The lowest BCUT2D eigenvalue weighted by Gasteiger charge is -2.27.